The summed E-state index contributed by atoms with van der Waals surface area (Å²) in [6.45, 7) is 5.71. The number of carbonyl (C=O) groups excluding carboxylic acids is 1. The van der Waals surface area contributed by atoms with E-state index in [-0.39, 0.29) is 6.10 Å². The summed E-state index contributed by atoms with van der Waals surface area (Å²) in [5.74, 6) is -0.289. The molecule has 2 aromatic carbocycles. The molecule has 7 heteroatoms. The Labute approximate surface area is 192 Å². The van der Waals surface area contributed by atoms with Gasteiger partial charge in [0.1, 0.15) is 17.5 Å². The number of nitrogens with one attached hydrogen (secondary N) is 1. The number of ether oxygens (including phenoxy) is 1. The highest BCUT2D eigenvalue weighted by atomic mass is 16.6. The van der Waals surface area contributed by atoms with Gasteiger partial charge in [-0.1, -0.05) is 67.5 Å². The minimum Gasteiger partial charge on any atom is -0.481 e. The first-order valence-electron chi connectivity index (χ1n) is 11.3. The summed E-state index contributed by atoms with van der Waals surface area (Å²) in [5.41, 5.74) is 3.97. The molecule has 0 unspecified atom stereocenters. The van der Waals surface area contributed by atoms with Crippen molar-refractivity contribution >= 4 is 17.7 Å². The van der Waals surface area contributed by atoms with E-state index in [1.807, 2.05) is 62.4 Å². The molecule has 1 aromatic heterocycles. The first kappa shape index (κ1) is 22.6. The number of nitrogens with zero attached hydrogens (tertiary/aromatic N) is 1. The zero-order chi connectivity index (χ0) is 23.6. The number of aliphatic carboxylic acids is 1. The van der Waals surface area contributed by atoms with Gasteiger partial charge in [0.05, 0.1) is 5.41 Å². The van der Waals surface area contributed by atoms with Gasteiger partial charge < -0.3 is 14.4 Å². The summed E-state index contributed by atoms with van der Waals surface area (Å²) in [4.78, 5) is 23.9. The van der Waals surface area contributed by atoms with E-state index in [9.17, 15) is 14.7 Å². The van der Waals surface area contributed by atoms with Crippen LogP contribution in [0.5, 0.6) is 0 Å². The van der Waals surface area contributed by atoms with Crippen molar-refractivity contribution in [1.29, 1.82) is 0 Å². The van der Waals surface area contributed by atoms with E-state index in [1.54, 1.807) is 6.92 Å². The van der Waals surface area contributed by atoms with E-state index in [4.69, 9.17) is 9.26 Å². The van der Waals surface area contributed by atoms with Crippen molar-refractivity contribution in [1.82, 2.24) is 5.16 Å². The number of carboxylic acid groups (broad SMARTS) is 1. The largest absolute Gasteiger partial charge is 0.481 e. The molecule has 1 saturated carbocycles. The van der Waals surface area contributed by atoms with Crippen molar-refractivity contribution in [2.75, 3.05) is 5.32 Å². The van der Waals surface area contributed by atoms with Crippen LogP contribution in [0.25, 0.3) is 22.5 Å². The lowest BCUT2D eigenvalue weighted by molar-refractivity contribution is -0.140. The van der Waals surface area contributed by atoms with Crippen LogP contribution in [0, 0.1) is 6.92 Å². The molecule has 0 atom stereocenters. The lowest BCUT2D eigenvalue weighted by Gasteiger charge is -2.14. The Balaban J connectivity index is 1.51. The minimum atomic E-state index is -0.754. The second-order valence-electron chi connectivity index (χ2n) is 8.48. The van der Waals surface area contributed by atoms with Crippen molar-refractivity contribution in [3.63, 3.8) is 0 Å². The van der Waals surface area contributed by atoms with Crippen LogP contribution in [0.3, 0.4) is 0 Å². The Kier molecular flexibility index (Phi) is 6.22. The zero-order valence-electron chi connectivity index (χ0n) is 19.1. The van der Waals surface area contributed by atoms with Gasteiger partial charge in [-0.05, 0) is 49.3 Å². The second kappa shape index (κ2) is 9.10. The topological polar surface area (TPSA) is 102 Å². The van der Waals surface area contributed by atoms with Gasteiger partial charge in [0.15, 0.2) is 5.76 Å². The van der Waals surface area contributed by atoms with E-state index in [1.165, 1.54) is 0 Å². The number of hydrogen-bond acceptors (Lipinski definition) is 5. The molecule has 0 spiro atoms. The molecule has 1 fully saturated rings. The van der Waals surface area contributed by atoms with Crippen molar-refractivity contribution < 1.29 is 24.0 Å². The van der Waals surface area contributed by atoms with E-state index in [0.29, 0.717) is 30.0 Å². The molecule has 1 amide bonds. The van der Waals surface area contributed by atoms with Gasteiger partial charge in [-0.25, -0.2) is 4.79 Å². The molecule has 0 bridgehead atoms. The van der Waals surface area contributed by atoms with Crippen molar-refractivity contribution in [3.8, 4) is 22.5 Å². The number of carbonyl (C=O) groups is 2. The van der Waals surface area contributed by atoms with Gasteiger partial charge >= 0.3 is 12.1 Å². The minimum absolute atomic E-state index is 0.135. The van der Waals surface area contributed by atoms with E-state index in [2.05, 4.69) is 10.5 Å². The maximum Gasteiger partial charge on any atom is 0.412 e. The number of anilines is 1. The Morgan fingerprint density at radius 1 is 1.03 bits per heavy atom. The van der Waals surface area contributed by atoms with Crippen molar-refractivity contribution in [2.45, 2.75) is 58.0 Å². The quantitative estimate of drug-likeness (QED) is 0.427. The third-order valence-corrected chi connectivity index (χ3v) is 6.35. The van der Waals surface area contributed by atoms with Crippen LogP contribution >= 0.6 is 0 Å². The molecule has 0 radical (unpaired) electrons. The Morgan fingerprint density at radius 3 is 2.09 bits per heavy atom. The smallest absolute Gasteiger partial charge is 0.412 e. The fraction of sp³-hybridized carbons (Fsp3) is 0.346. The Morgan fingerprint density at radius 2 is 1.58 bits per heavy atom. The van der Waals surface area contributed by atoms with E-state index < -0.39 is 17.5 Å². The lowest BCUT2D eigenvalue weighted by atomic mass is 9.93. The van der Waals surface area contributed by atoms with Crippen LogP contribution in [-0.4, -0.2) is 28.4 Å². The molecule has 4 rings (SSSR count). The van der Waals surface area contributed by atoms with Crippen LogP contribution in [0.4, 0.5) is 10.5 Å². The summed E-state index contributed by atoms with van der Waals surface area (Å²) in [6.07, 6.45) is 2.22. The summed E-state index contributed by atoms with van der Waals surface area (Å²) >= 11 is 0. The fourth-order valence-electron chi connectivity index (χ4n) is 4.00. The third-order valence-electron chi connectivity index (χ3n) is 6.35. The number of hydrogen-bond donors (Lipinski definition) is 2. The van der Waals surface area contributed by atoms with Gasteiger partial charge in [0.2, 0.25) is 0 Å². The van der Waals surface area contributed by atoms with E-state index in [0.717, 1.165) is 35.1 Å². The molecular weight excluding hydrogens is 420 g/mol. The Bertz CT molecular complexity index is 1140. The first-order valence-corrected chi connectivity index (χ1v) is 11.3. The molecule has 0 saturated heterocycles. The van der Waals surface area contributed by atoms with E-state index >= 15 is 0 Å². The number of aryl methyl sites for hydroxylation is 1. The van der Waals surface area contributed by atoms with Gasteiger partial charge in [0.25, 0.3) is 0 Å². The first-order chi connectivity index (χ1) is 15.9. The summed E-state index contributed by atoms with van der Waals surface area (Å²) < 4.78 is 10.9. The molecule has 3 aromatic rings. The number of rotatable bonds is 8. The third kappa shape index (κ3) is 4.49. The number of benzene rings is 2. The monoisotopic (exact) mass is 448 g/mol. The zero-order valence-corrected chi connectivity index (χ0v) is 19.1. The van der Waals surface area contributed by atoms with Gasteiger partial charge in [0, 0.05) is 5.56 Å². The maximum atomic E-state index is 12.3. The maximum absolute atomic E-state index is 12.3. The van der Waals surface area contributed by atoms with Crippen LogP contribution in [0.1, 0.15) is 50.8 Å². The second-order valence-corrected chi connectivity index (χ2v) is 8.48. The lowest BCUT2D eigenvalue weighted by Crippen LogP contribution is -2.21. The molecule has 2 N–H and O–H groups in total. The molecule has 0 aliphatic heterocycles. The fourth-order valence-corrected chi connectivity index (χ4v) is 4.00. The molecule has 33 heavy (non-hydrogen) atoms. The normalized spacial score (nSPS) is 14.2. The van der Waals surface area contributed by atoms with Crippen LogP contribution < -0.4 is 5.32 Å². The molecule has 172 valence electrons. The predicted octanol–water partition coefficient (Wildman–Crippen LogP) is 6.17. The summed E-state index contributed by atoms with van der Waals surface area (Å²) in [7, 11) is 0. The van der Waals surface area contributed by atoms with Gasteiger partial charge in [-0.2, -0.15) is 0 Å². The van der Waals surface area contributed by atoms with Crippen LogP contribution in [-0.2, 0) is 14.9 Å². The van der Waals surface area contributed by atoms with Gasteiger partial charge in [-0.3, -0.25) is 10.1 Å². The number of carboxylic acids is 1. The highest BCUT2D eigenvalue weighted by Crippen LogP contribution is 2.48. The average molecular weight is 449 g/mol. The average Bonchev–Trinajstić information content (AvgIpc) is 3.57. The highest BCUT2D eigenvalue weighted by Gasteiger charge is 2.51. The molecular formula is C26H28N2O5. The summed E-state index contributed by atoms with van der Waals surface area (Å²) in [5, 5.41) is 16.3. The molecule has 1 heterocycles. The highest BCUT2D eigenvalue weighted by molar-refractivity contribution is 5.91. The van der Waals surface area contributed by atoms with Crippen molar-refractivity contribution in [2.24, 2.45) is 0 Å². The van der Waals surface area contributed by atoms with Crippen LogP contribution in [0.2, 0.25) is 0 Å². The Hall–Kier alpha value is -3.61. The molecule has 1 aliphatic rings. The van der Waals surface area contributed by atoms with Crippen LogP contribution in [0.15, 0.2) is 53.1 Å². The van der Waals surface area contributed by atoms with Gasteiger partial charge in [-0.15, -0.1) is 0 Å². The molecule has 1 aliphatic carbocycles. The number of aromatic nitrogens is 1. The molecule has 7 nitrogen and oxygen atoms in total. The predicted molar refractivity (Wildman–Crippen MR) is 125 cm³/mol. The SMILES string of the molecule is CCC(CC)OC(=O)Nc1c(C)noc1-c1ccc(-c2ccc(C3(C(=O)O)CC3)cc2)cc1. The standard InChI is InChI=1S/C26H28N2O5/c1-4-21(5-2)32-25(31)27-22-16(3)28-33-23(22)19-8-6-17(7-9-19)18-10-12-20(13-11-18)26(14-15-26)24(29)30/h6-13,21H,4-5,14-15H2,1-3H3,(H,27,31)(H,29,30). The summed E-state index contributed by atoms with van der Waals surface area (Å²) in [6, 6.07) is 15.4. The van der Waals surface area contributed by atoms with Crippen molar-refractivity contribution in [3.05, 3.63) is 59.8 Å². The number of amides is 1.